The Labute approximate surface area is 168 Å². The van der Waals surface area contributed by atoms with Crippen LogP contribution >= 0.6 is 23.1 Å². The average Bonchev–Trinajstić information content (AvgIpc) is 3.19. The first-order valence-electron chi connectivity index (χ1n) is 8.45. The topological polar surface area (TPSA) is 85.1 Å². The van der Waals surface area contributed by atoms with Crippen molar-refractivity contribution in [3.63, 3.8) is 0 Å². The van der Waals surface area contributed by atoms with Crippen LogP contribution < -0.4 is 5.32 Å². The van der Waals surface area contributed by atoms with E-state index in [0.717, 1.165) is 11.3 Å². The minimum atomic E-state index is -0.470. The molecule has 0 aliphatic carbocycles. The van der Waals surface area contributed by atoms with E-state index >= 15 is 0 Å². The van der Waals surface area contributed by atoms with Gasteiger partial charge in [-0.3, -0.25) is 14.9 Å². The van der Waals surface area contributed by atoms with Crippen LogP contribution in [-0.4, -0.2) is 21.6 Å². The van der Waals surface area contributed by atoms with Gasteiger partial charge >= 0.3 is 0 Å². The molecule has 1 aromatic heterocycles. The quantitative estimate of drug-likeness (QED) is 0.488. The lowest BCUT2D eigenvalue weighted by Gasteiger charge is -2.25. The van der Waals surface area contributed by atoms with Gasteiger partial charge in [0.1, 0.15) is 16.5 Å². The van der Waals surface area contributed by atoms with E-state index in [1.165, 1.54) is 41.3 Å². The van der Waals surface area contributed by atoms with Gasteiger partial charge in [0.15, 0.2) is 0 Å². The Morgan fingerprint density at radius 2 is 2.11 bits per heavy atom. The van der Waals surface area contributed by atoms with Crippen LogP contribution in [0.1, 0.15) is 28.5 Å². The molecule has 3 aromatic rings. The van der Waals surface area contributed by atoms with E-state index in [1.807, 2.05) is 6.07 Å². The van der Waals surface area contributed by atoms with Crippen LogP contribution in [0, 0.1) is 15.9 Å². The third kappa shape index (κ3) is 3.63. The molecule has 1 amide bonds. The van der Waals surface area contributed by atoms with Crippen molar-refractivity contribution in [1.29, 1.82) is 0 Å². The Balaban J connectivity index is 1.54. The second-order valence-corrected chi connectivity index (χ2v) is 8.13. The summed E-state index contributed by atoms with van der Waals surface area (Å²) >= 11 is 2.69. The van der Waals surface area contributed by atoms with Crippen LogP contribution in [0.4, 0.5) is 10.1 Å². The molecule has 6 nitrogen and oxygen atoms in total. The monoisotopic (exact) mass is 415 g/mol. The van der Waals surface area contributed by atoms with Gasteiger partial charge < -0.3 is 5.32 Å². The molecule has 1 atom stereocenters. The molecular weight excluding hydrogens is 401 g/mol. The smallest absolute Gasteiger partial charge is 0.271 e. The molecule has 0 radical (unpaired) electrons. The molecule has 0 saturated carbocycles. The van der Waals surface area contributed by atoms with E-state index in [0.29, 0.717) is 21.9 Å². The Hall–Kier alpha value is -2.78. The molecule has 1 aliphatic rings. The number of thiazole rings is 1. The molecule has 0 spiro atoms. The number of carbonyl (C=O) groups is 1. The van der Waals surface area contributed by atoms with Crippen molar-refractivity contribution in [2.24, 2.45) is 0 Å². The van der Waals surface area contributed by atoms with E-state index in [1.54, 1.807) is 23.6 Å². The fourth-order valence-electron chi connectivity index (χ4n) is 3.03. The molecular formula is C19H14FN3O3S2. The number of non-ortho nitro benzene ring substituents is 1. The number of hydrogen-bond donors (Lipinski definition) is 1. The molecule has 1 aliphatic heterocycles. The molecule has 0 fully saturated rings. The summed E-state index contributed by atoms with van der Waals surface area (Å²) in [6, 6.07) is 10.7. The Bertz CT molecular complexity index is 1070. The zero-order valence-corrected chi connectivity index (χ0v) is 16.1. The number of carbonyl (C=O) groups excluding carboxylic acids is 1. The molecule has 1 N–H and O–H groups in total. The number of amides is 1. The van der Waals surface area contributed by atoms with Crippen molar-refractivity contribution in [3.8, 4) is 10.6 Å². The maximum absolute atomic E-state index is 14.0. The second kappa shape index (κ2) is 7.69. The Morgan fingerprint density at radius 1 is 1.29 bits per heavy atom. The van der Waals surface area contributed by atoms with Gasteiger partial charge in [-0.2, -0.15) is 0 Å². The number of nitro groups is 1. The number of nitro benzene ring substituents is 1. The van der Waals surface area contributed by atoms with Gasteiger partial charge in [0.05, 0.1) is 11.0 Å². The largest absolute Gasteiger partial charge is 0.344 e. The number of fused-ring (bicyclic) bond motifs is 1. The molecule has 2 heterocycles. The fraction of sp³-hybridized carbons (Fsp3) is 0.158. The van der Waals surface area contributed by atoms with Gasteiger partial charge in [-0.15, -0.1) is 23.1 Å². The normalized spacial score (nSPS) is 15.7. The first-order chi connectivity index (χ1) is 13.5. The SMILES string of the molecule is O=C(N[C@H]1CCSc2c(F)cccc21)c1csc(-c2cccc([N+](=O)[O-])c2)n1. The van der Waals surface area contributed by atoms with Crippen molar-refractivity contribution < 1.29 is 14.1 Å². The summed E-state index contributed by atoms with van der Waals surface area (Å²) in [5.41, 5.74) is 1.57. The molecule has 28 heavy (non-hydrogen) atoms. The van der Waals surface area contributed by atoms with Gasteiger partial charge in [0, 0.05) is 33.7 Å². The standard InChI is InChI=1S/C19H14FN3O3S2/c20-14-6-2-5-13-15(7-8-27-17(13)14)21-18(24)16-10-28-19(22-16)11-3-1-4-12(9-11)23(25)26/h1-6,9-10,15H,7-8H2,(H,21,24)/t15-/m0/s1. The maximum atomic E-state index is 14.0. The lowest BCUT2D eigenvalue weighted by atomic mass is 10.0. The lowest BCUT2D eigenvalue weighted by molar-refractivity contribution is -0.384. The Kier molecular flexibility index (Phi) is 5.10. The van der Waals surface area contributed by atoms with Crippen molar-refractivity contribution in [2.45, 2.75) is 17.4 Å². The number of thioether (sulfide) groups is 1. The number of benzene rings is 2. The zero-order valence-electron chi connectivity index (χ0n) is 14.4. The molecule has 0 saturated heterocycles. The maximum Gasteiger partial charge on any atom is 0.271 e. The summed E-state index contributed by atoms with van der Waals surface area (Å²) < 4.78 is 14.0. The number of nitrogens with zero attached hydrogens (tertiary/aromatic N) is 2. The van der Waals surface area contributed by atoms with Gasteiger partial charge in [0.25, 0.3) is 11.6 Å². The van der Waals surface area contributed by atoms with Crippen molar-refractivity contribution in [3.05, 3.63) is 75.0 Å². The molecule has 2 aromatic carbocycles. The highest BCUT2D eigenvalue weighted by molar-refractivity contribution is 7.99. The lowest BCUT2D eigenvalue weighted by Crippen LogP contribution is -2.31. The van der Waals surface area contributed by atoms with Crippen LogP contribution in [-0.2, 0) is 0 Å². The van der Waals surface area contributed by atoms with Crippen LogP contribution in [0.25, 0.3) is 10.6 Å². The molecule has 0 bridgehead atoms. The third-order valence-electron chi connectivity index (χ3n) is 4.37. The summed E-state index contributed by atoms with van der Waals surface area (Å²) in [5.74, 6) is 0.0950. The number of hydrogen-bond acceptors (Lipinski definition) is 6. The van der Waals surface area contributed by atoms with E-state index in [9.17, 15) is 19.3 Å². The predicted octanol–water partition coefficient (Wildman–Crippen LogP) is 4.82. The van der Waals surface area contributed by atoms with Crippen LogP contribution in [0.15, 0.2) is 52.7 Å². The highest BCUT2D eigenvalue weighted by atomic mass is 32.2. The molecule has 0 unspecified atom stereocenters. The summed E-state index contributed by atoms with van der Waals surface area (Å²) in [5, 5.41) is 16.0. The first-order valence-corrected chi connectivity index (χ1v) is 10.3. The van der Waals surface area contributed by atoms with Gasteiger partial charge in [0.2, 0.25) is 0 Å². The molecule has 4 rings (SSSR count). The van der Waals surface area contributed by atoms with Gasteiger partial charge in [-0.25, -0.2) is 9.37 Å². The van der Waals surface area contributed by atoms with E-state index in [2.05, 4.69) is 10.3 Å². The summed E-state index contributed by atoms with van der Waals surface area (Å²) in [7, 11) is 0. The summed E-state index contributed by atoms with van der Waals surface area (Å²) in [6.07, 6.45) is 0.703. The van der Waals surface area contributed by atoms with Crippen molar-refractivity contribution >= 4 is 34.7 Å². The van der Waals surface area contributed by atoms with Gasteiger partial charge in [-0.1, -0.05) is 24.3 Å². The van der Waals surface area contributed by atoms with E-state index < -0.39 is 4.92 Å². The van der Waals surface area contributed by atoms with Crippen LogP contribution in [0.5, 0.6) is 0 Å². The van der Waals surface area contributed by atoms with Gasteiger partial charge in [-0.05, 0) is 18.1 Å². The minimum absolute atomic E-state index is 0.0305. The van der Waals surface area contributed by atoms with Crippen molar-refractivity contribution in [1.82, 2.24) is 10.3 Å². The minimum Gasteiger partial charge on any atom is -0.344 e. The molecule has 142 valence electrons. The Morgan fingerprint density at radius 3 is 2.93 bits per heavy atom. The predicted molar refractivity (Wildman–Crippen MR) is 106 cm³/mol. The second-order valence-electron chi connectivity index (χ2n) is 6.17. The number of aromatic nitrogens is 1. The van der Waals surface area contributed by atoms with Crippen LogP contribution in [0.3, 0.4) is 0 Å². The highest BCUT2D eigenvalue weighted by Gasteiger charge is 2.25. The number of nitrogens with one attached hydrogen (secondary N) is 1. The fourth-order valence-corrected chi connectivity index (χ4v) is 4.97. The number of halogens is 1. The number of rotatable bonds is 4. The average molecular weight is 415 g/mol. The summed E-state index contributed by atoms with van der Waals surface area (Å²) in [4.78, 5) is 28.0. The van der Waals surface area contributed by atoms with E-state index in [4.69, 9.17) is 0 Å². The first kappa shape index (κ1) is 18.6. The van der Waals surface area contributed by atoms with E-state index in [-0.39, 0.29) is 29.1 Å². The zero-order chi connectivity index (χ0) is 19.7. The van der Waals surface area contributed by atoms with Crippen molar-refractivity contribution in [2.75, 3.05) is 5.75 Å². The summed E-state index contributed by atoms with van der Waals surface area (Å²) in [6.45, 7) is 0. The third-order valence-corrected chi connectivity index (χ3v) is 6.42. The molecule has 9 heteroatoms. The van der Waals surface area contributed by atoms with Crippen LogP contribution in [0.2, 0.25) is 0 Å². The highest BCUT2D eigenvalue weighted by Crippen LogP contribution is 2.38.